The number of rotatable bonds is 3. The van der Waals surface area contributed by atoms with Gasteiger partial charge in [-0.15, -0.1) is 11.3 Å². The predicted octanol–water partition coefficient (Wildman–Crippen LogP) is 2.47. The van der Waals surface area contributed by atoms with E-state index in [1.165, 1.54) is 11.3 Å². The number of hydrogen-bond acceptors (Lipinski definition) is 5. The molecule has 2 N–H and O–H groups in total. The summed E-state index contributed by atoms with van der Waals surface area (Å²) in [5.74, 6) is -0.109. The quantitative estimate of drug-likeness (QED) is 0.820. The van der Waals surface area contributed by atoms with E-state index in [9.17, 15) is 9.59 Å². The Bertz CT molecular complexity index is 919. The van der Waals surface area contributed by atoms with Gasteiger partial charge in [0.25, 0.3) is 0 Å². The van der Waals surface area contributed by atoms with E-state index >= 15 is 0 Å². The van der Waals surface area contributed by atoms with Gasteiger partial charge in [0.15, 0.2) is 0 Å². The predicted molar refractivity (Wildman–Crippen MR) is 107 cm³/mol. The summed E-state index contributed by atoms with van der Waals surface area (Å²) in [5.41, 5.74) is 7.10. The minimum atomic E-state index is -0.304. The summed E-state index contributed by atoms with van der Waals surface area (Å²) in [6.07, 6.45) is 2.53. The standard InChI is InChI=1S/C18H18Cl2N4O2S/c19-11-1-2-13-12(5-11)18(3-4-23(9-18)17(26)7-21)10-24(13)16(25)6-15-22-8-14(20)27-15/h1-2,5,8H,3-4,6-7,9-10,21H2/t18-/m1/s1. The smallest absolute Gasteiger partial charge is 0.236 e. The van der Waals surface area contributed by atoms with Gasteiger partial charge < -0.3 is 15.5 Å². The topological polar surface area (TPSA) is 79.5 Å². The number of anilines is 1. The van der Waals surface area contributed by atoms with Crippen LogP contribution in [0.4, 0.5) is 5.69 Å². The van der Waals surface area contributed by atoms with Gasteiger partial charge in [0.1, 0.15) is 9.34 Å². The molecule has 0 radical (unpaired) electrons. The van der Waals surface area contributed by atoms with Crippen LogP contribution in [0, 0.1) is 0 Å². The number of likely N-dealkylation sites (tertiary alicyclic amines) is 1. The molecule has 6 nitrogen and oxygen atoms in total. The third kappa shape index (κ3) is 3.33. The van der Waals surface area contributed by atoms with Crippen molar-refractivity contribution in [3.05, 3.63) is 44.3 Å². The molecular formula is C18H18Cl2N4O2S. The van der Waals surface area contributed by atoms with Crippen molar-refractivity contribution in [2.45, 2.75) is 18.3 Å². The molecule has 2 aliphatic heterocycles. The van der Waals surface area contributed by atoms with Crippen LogP contribution in [0.3, 0.4) is 0 Å². The molecule has 0 unspecified atom stereocenters. The Hall–Kier alpha value is -1.67. The second kappa shape index (κ2) is 7.05. The van der Waals surface area contributed by atoms with Gasteiger partial charge in [-0.25, -0.2) is 4.98 Å². The first-order valence-electron chi connectivity index (χ1n) is 8.60. The highest BCUT2D eigenvalue weighted by molar-refractivity contribution is 7.15. The number of fused-ring (bicyclic) bond motifs is 2. The van der Waals surface area contributed by atoms with Crippen molar-refractivity contribution in [2.24, 2.45) is 5.73 Å². The zero-order valence-corrected chi connectivity index (χ0v) is 16.8. The lowest BCUT2D eigenvalue weighted by Gasteiger charge is -2.25. The lowest BCUT2D eigenvalue weighted by molar-refractivity contribution is -0.128. The molecule has 0 aliphatic carbocycles. The average Bonchev–Trinajstić information content (AvgIpc) is 3.34. The maximum absolute atomic E-state index is 13.0. The van der Waals surface area contributed by atoms with Gasteiger partial charge in [-0.1, -0.05) is 23.2 Å². The Labute approximate surface area is 170 Å². The molecule has 0 bridgehead atoms. The molecule has 1 saturated heterocycles. The van der Waals surface area contributed by atoms with E-state index in [-0.39, 0.29) is 30.2 Å². The summed E-state index contributed by atoms with van der Waals surface area (Å²) >= 11 is 13.5. The van der Waals surface area contributed by atoms with Gasteiger partial charge in [0.05, 0.1) is 19.2 Å². The van der Waals surface area contributed by atoms with E-state index in [0.29, 0.717) is 34.0 Å². The van der Waals surface area contributed by atoms with Gasteiger partial charge in [-0.2, -0.15) is 0 Å². The Morgan fingerprint density at radius 3 is 2.78 bits per heavy atom. The lowest BCUT2D eigenvalue weighted by Crippen LogP contribution is -2.41. The molecule has 0 saturated carbocycles. The first kappa shape index (κ1) is 18.7. The molecule has 4 rings (SSSR count). The highest BCUT2D eigenvalue weighted by Gasteiger charge is 2.49. The number of benzene rings is 1. The van der Waals surface area contributed by atoms with Crippen molar-refractivity contribution in [1.29, 1.82) is 0 Å². The molecule has 27 heavy (non-hydrogen) atoms. The number of nitrogens with zero attached hydrogens (tertiary/aromatic N) is 3. The molecule has 1 aromatic heterocycles. The number of amides is 2. The molecule has 1 spiro atoms. The zero-order valence-electron chi connectivity index (χ0n) is 14.5. The van der Waals surface area contributed by atoms with Crippen LogP contribution in [0.25, 0.3) is 0 Å². The minimum Gasteiger partial charge on any atom is -0.341 e. The number of halogens is 2. The van der Waals surface area contributed by atoms with Crippen LogP contribution in [0.15, 0.2) is 24.4 Å². The second-order valence-corrected chi connectivity index (χ2v) is 9.11. The number of thiazole rings is 1. The second-order valence-electron chi connectivity index (χ2n) is 6.93. The third-order valence-electron chi connectivity index (χ3n) is 5.29. The molecule has 9 heteroatoms. The van der Waals surface area contributed by atoms with Crippen LogP contribution in [-0.4, -0.2) is 47.9 Å². The molecule has 1 atom stereocenters. The van der Waals surface area contributed by atoms with E-state index in [1.807, 2.05) is 12.1 Å². The Kier molecular flexibility index (Phi) is 4.88. The summed E-state index contributed by atoms with van der Waals surface area (Å²) in [7, 11) is 0. The average molecular weight is 425 g/mol. The molecule has 142 valence electrons. The first-order chi connectivity index (χ1) is 12.9. The monoisotopic (exact) mass is 424 g/mol. The fraction of sp³-hybridized carbons (Fsp3) is 0.389. The fourth-order valence-electron chi connectivity index (χ4n) is 4.02. The maximum atomic E-state index is 13.0. The van der Waals surface area contributed by atoms with E-state index in [0.717, 1.165) is 17.7 Å². The van der Waals surface area contributed by atoms with E-state index in [1.54, 1.807) is 22.1 Å². The van der Waals surface area contributed by atoms with Gasteiger partial charge in [-0.05, 0) is 30.2 Å². The molecule has 2 amide bonds. The van der Waals surface area contributed by atoms with Crippen molar-refractivity contribution in [2.75, 3.05) is 31.1 Å². The van der Waals surface area contributed by atoms with Crippen molar-refractivity contribution in [1.82, 2.24) is 9.88 Å². The van der Waals surface area contributed by atoms with Gasteiger partial charge in [0.2, 0.25) is 11.8 Å². The molecule has 2 aliphatic rings. The third-order valence-corrected chi connectivity index (χ3v) is 6.64. The molecule has 3 heterocycles. The molecular weight excluding hydrogens is 407 g/mol. The Morgan fingerprint density at radius 1 is 1.26 bits per heavy atom. The van der Waals surface area contributed by atoms with Crippen LogP contribution in [0.2, 0.25) is 9.36 Å². The van der Waals surface area contributed by atoms with Crippen molar-refractivity contribution in [3.8, 4) is 0 Å². The highest BCUT2D eigenvalue weighted by atomic mass is 35.5. The number of hydrogen-bond donors (Lipinski definition) is 1. The largest absolute Gasteiger partial charge is 0.341 e. The van der Waals surface area contributed by atoms with Gasteiger partial charge in [-0.3, -0.25) is 9.59 Å². The van der Waals surface area contributed by atoms with Crippen LogP contribution in [-0.2, 0) is 21.4 Å². The summed E-state index contributed by atoms with van der Waals surface area (Å²) in [6.45, 7) is 1.69. The number of aromatic nitrogens is 1. The minimum absolute atomic E-state index is 0.00800. The SMILES string of the molecule is NCC(=O)N1CC[C@@]2(C1)CN(C(=O)Cc1ncc(Cl)s1)c1ccc(Cl)cc12. The molecule has 1 aromatic carbocycles. The van der Waals surface area contributed by atoms with Gasteiger partial charge >= 0.3 is 0 Å². The van der Waals surface area contributed by atoms with Crippen LogP contribution in [0.1, 0.15) is 17.0 Å². The first-order valence-corrected chi connectivity index (χ1v) is 10.2. The number of carbonyl (C=O) groups excluding carboxylic acids is 2. The normalized spacial score (nSPS) is 21.1. The van der Waals surface area contributed by atoms with Crippen LogP contribution in [0.5, 0.6) is 0 Å². The summed E-state index contributed by atoms with van der Waals surface area (Å²) < 4.78 is 0.564. The summed E-state index contributed by atoms with van der Waals surface area (Å²) in [6, 6.07) is 5.59. The Balaban J connectivity index is 1.64. The summed E-state index contributed by atoms with van der Waals surface area (Å²) in [5, 5.41) is 1.31. The summed E-state index contributed by atoms with van der Waals surface area (Å²) in [4.78, 5) is 32.8. The molecule has 1 fully saturated rings. The highest BCUT2D eigenvalue weighted by Crippen LogP contribution is 2.47. The fourth-order valence-corrected chi connectivity index (χ4v) is 5.14. The number of nitrogens with two attached hydrogens (primary N) is 1. The van der Waals surface area contributed by atoms with Crippen LogP contribution >= 0.6 is 34.5 Å². The van der Waals surface area contributed by atoms with Crippen molar-refractivity contribution < 1.29 is 9.59 Å². The van der Waals surface area contributed by atoms with Crippen molar-refractivity contribution in [3.63, 3.8) is 0 Å². The maximum Gasteiger partial charge on any atom is 0.236 e. The Morgan fingerprint density at radius 2 is 2.07 bits per heavy atom. The van der Waals surface area contributed by atoms with E-state index < -0.39 is 0 Å². The zero-order chi connectivity index (χ0) is 19.2. The van der Waals surface area contributed by atoms with Gasteiger partial charge in [0, 0.05) is 35.8 Å². The van der Waals surface area contributed by atoms with Crippen LogP contribution < -0.4 is 10.6 Å². The molecule has 2 aromatic rings. The number of carbonyl (C=O) groups is 2. The lowest BCUT2D eigenvalue weighted by atomic mass is 9.81. The van der Waals surface area contributed by atoms with Crippen molar-refractivity contribution >= 4 is 52.0 Å². The van der Waals surface area contributed by atoms with E-state index in [4.69, 9.17) is 28.9 Å². The van der Waals surface area contributed by atoms with E-state index in [2.05, 4.69) is 4.98 Å².